The molecule has 1 aromatic heterocycles. The molecule has 0 atom stereocenters. The summed E-state index contributed by atoms with van der Waals surface area (Å²) in [5, 5.41) is 0. The third kappa shape index (κ3) is 0.969. The Hall–Kier alpha value is -1.42. The molecule has 0 fully saturated rings. The minimum atomic E-state index is -0.112. The van der Waals surface area contributed by atoms with Crippen LogP contribution in [-0.2, 0) is 6.54 Å². The number of amides is 1. The highest BCUT2D eigenvalue weighted by Gasteiger charge is 2.15. The number of hydrogen-bond donors (Lipinski definition) is 2. The second kappa shape index (κ2) is 2.32. The van der Waals surface area contributed by atoms with Crippen molar-refractivity contribution in [2.24, 2.45) is 0 Å². The monoisotopic (exact) mass is 149 g/mol. The van der Waals surface area contributed by atoms with Crippen molar-refractivity contribution in [3.05, 3.63) is 29.6 Å². The van der Waals surface area contributed by atoms with Gasteiger partial charge < -0.3 is 0 Å². The van der Waals surface area contributed by atoms with Crippen LogP contribution in [0.4, 0.5) is 0 Å². The molecule has 1 aromatic rings. The first kappa shape index (κ1) is 6.30. The van der Waals surface area contributed by atoms with Gasteiger partial charge in [-0.25, -0.2) is 5.43 Å². The molecule has 2 heterocycles. The maximum absolute atomic E-state index is 11.1. The van der Waals surface area contributed by atoms with Gasteiger partial charge >= 0.3 is 0 Å². The quantitative estimate of drug-likeness (QED) is 0.538. The van der Waals surface area contributed by atoms with Crippen molar-refractivity contribution in [2.45, 2.75) is 6.54 Å². The number of hydrogen-bond acceptors (Lipinski definition) is 3. The molecule has 2 rings (SSSR count). The van der Waals surface area contributed by atoms with Gasteiger partial charge in [0.25, 0.3) is 5.91 Å². The predicted octanol–water partition coefficient (Wildman–Crippen LogP) is -0.170. The van der Waals surface area contributed by atoms with Gasteiger partial charge in [0.1, 0.15) is 0 Å². The number of rotatable bonds is 0. The average Bonchev–Trinajstić information content (AvgIpc) is 2.06. The lowest BCUT2D eigenvalue weighted by Gasteiger charge is -2.15. The third-order valence-corrected chi connectivity index (χ3v) is 1.59. The lowest BCUT2D eigenvalue weighted by molar-refractivity contribution is 0.0918. The van der Waals surface area contributed by atoms with Gasteiger partial charge in [-0.2, -0.15) is 0 Å². The molecule has 1 aliphatic heterocycles. The largest absolute Gasteiger partial charge is 0.287 e. The predicted molar refractivity (Wildman–Crippen MR) is 38.5 cm³/mol. The van der Waals surface area contributed by atoms with E-state index in [0.717, 1.165) is 5.69 Å². The Bertz CT molecular complexity index is 297. The van der Waals surface area contributed by atoms with Crippen LogP contribution in [0, 0.1) is 0 Å². The third-order valence-electron chi connectivity index (χ3n) is 1.59. The van der Waals surface area contributed by atoms with Crippen molar-refractivity contribution in [2.75, 3.05) is 0 Å². The normalized spacial score (nSPS) is 15.5. The van der Waals surface area contributed by atoms with Gasteiger partial charge in [-0.3, -0.25) is 15.2 Å². The van der Waals surface area contributed by atoms with Crippen LogP contribution >= 0.6 is 0 Å². The SMILES string of the molecule is O=C1NNCc2ncccc21. The molecule has 0 saturated heterocycles. The van der Waals surface area contributed by atoms with Crippen molar-refractivity contribution in [3.8, 4) is 0 Å². The van der Waals surface area contributed by atoms with Crippen LogP contribution in [0.2, 0.25) is 0 Å². The first-order valence-electron chi connectivity index (χ1n) is 3.35. The zero-order chi connectivity index (χ0) is 7.68. The molecule has 0 saturated carbocycles. The summed E-state index contributed by atoms with van der Waals surface area (Å²) in [6, 6.07) is 3.52. The number of carbonyl (C=O) groups excluding carboxylic acids is 1. The lowest BCUT2D eigenvalue weighted by Crippen LogP contribution is -2.42. The Kier molecular flexibility index (Phi) is 1.33. The Morgan fingerprint density at radius 1 is 1.55 bits per heavy atom. The van der Waals surface area contributed by atoms with Crippen LogP contribution in [0.1, 0.15) is 16.1 Å². The molecule has 2 N–H and O–H groups in total. The molecule has 1 aliphatic rings. The number of carbonyl (C=O) groups is 1. The highest BCUT2D eigenvalue weighted by Crippen LogP contribution is 2.06. The summed E-state index contributed by atoms with van der Waals surface area (Å²) in [7, 11) is 0. The van der Waals surface area contributed by atoms with E-state index >= 15 is 0 Å². The number of pyridine rings is 1. The standard InChI is InChI=1S/C7H7N3O/c11-7-5-2-1-3-8-6(5)4-9-10-7/h1-3,9H,4H2,(H,10,11). The molecule has 0 aliphatic carbocycles. The average molecular weight is 149 g/mol. The van der Waals surface area contributed by atoms with E-state index in [9.17, 15) is 4.79 Å². The van der Waals surface area contributed by atoms with Gasteiger partial charge in [0.2, 0.25) is 0 Å². The summed E-state index contributed by atoms with van der Waals surface area (Å²) in [6.45, 7) is 0.599. The lowest BCUT2D eigenvalue weighted by atomic mass is 10.1. The zero-order valence-electron chi connectivity index (χ0n) is 5.79. The highest BCUT2D eigenvalue weighted by molar-refractivity contribution is 5.95. The van der Waals surface area contributed by atoms with Gasteiger partial charge in [-0.1, -0.05) is 0 Å². The molecule has 0 unspecified atom stereocenters. The fourth-order valence-corrected chi connectivity index (χ4v) is 1.06. The molecule has 0 spiro atoms. The van der Waals surface area contributed by atoms with Gasteiger partial charge in [-0.05, 0) is 12.1 Å². The number of fused-ring (bicyclic) bond motifs is 1. The van der Waals surface area contributed by atoms with Crippen molar-refractivity contribution in [1.29, 1.82) is 0 Å². The van der Waals surface area contributed by atoms with Gasteiger partial charge in [0, 0.05) is 6.20 Å². The van der Waals surface area contributed by atoms with Crippen molar-refractivity contribution < 1.29 is 4.79 Å². The smallest absolute Gasteiger partial charge is 0.267 e. The number of nitrogens with one attached hydrogen (secondary N) is 2. The first-order chi connectivity index (χ1) is 5.38. The molecule has 56 valence electrons. The van der Waals surface area contributed by atoms with Crippen molar-refractivity contribution in [1.82, 2.24) is 15.8 Å². The van der Waals surface area contributed by atoms with Gasteiger partial charge in [-0.15, -0.1) is 0 Å². The van der Waals surface area contributed by atoms with Crippen molar-refractivity contribution >= 4 is 5.91 Å². The van der Waals surface area contributed by atoms with Crippen molar-refractivity contribution in [3.63, 3.8) is 0 Å². The first-order valence-corrected chi connectivity index (χ1v) is 3.35. The van der Waals surface area contributed by atoms with E-state index < -0.39 is 0 Å². The number of aromatic nitrogens is 1. The molecule has 0 radical (unpaired) electrons. The van der Waals surface area contributed by atoms with Crippen LogP contribution in [-0.4, -0.2) is 10.9 Å². The summed E-state index contributed by atoms with van der Waals surface area (Å²) in [6.07, 6.45) is 1.68. The Morgan fingerprint density at radius 3 is 3.27 bits per heavy atom. The zero-order valence-corrected chi connectivity index (χ0v) is 5.79. The van der Waals surface area contributed by atoms with E-state index in [-0.39, 0.29) is 5.91 Å². The molecule has 0 aromatic carbocycles. The van der Waals surface area contributed by atoms with E-state index in [0.29, 0.717) is 12.1 Å². The van der Waals surface area contributed by atoms with E-state index in [1.807, 2.05) is 0 Å². The summed E-state index contributed by atoms with van der Waals surface area (Å²) in [5.74, 6) is -0.112. The van der Waals surface area contributed by atoms with Crippen LogP contribution < -0.4 is 10.9 Å². The summed E-state index contributed by atoms with van der Waals surface area (Å²) < 4.78 is 0. The topological polar surface area (TPSA) is 54.0 Å². The molecule has 0 bridgehead atoms. The van der Waals surface area contributed by atoms with Crippen LogP contribution in [0.3, 0.4) is 0 Å². The Balaban J connectivity index is 2.52. The Morgan fingerprint density at radius 2 is 2.45 bits per heavy atom. The summed E-state index contributed by atoms with van der Waals surface area (Å²) in [4.78, 5) is 15.1. The van der Waals surface area contributed by atoms with Crippen LogP contribution in [0.15, 0.2) is 18.3 Å². The fourth-order valence-electron chi connectivity index (χ4n) is 1.06. The molecular weight excluding hydrogens is 142 g/mol. The number of hydrazine groups is 1. The van der Waals surface area contributed by atoms with Crippen LogP contribution in [0.25, 0.3) is 0 Å². The molecule has 11 heavy (non-hydrogen) atoms. The summed E-state index contributed by atoms with van der Waals surface area (Å²) in [5.41, 5.74) is 6.70. The molecule has 4 heteroatoms. The molecule has 1 amide bonds. The van der Waals surface area contributed by atoms with E-state index in [2.05, 4.69) is 15.8 Å². The number of nitrogens with zero attached hydrogens (tertiary/aromatic N) is 1. The maximum atomic E-state index is 11.1. The Labute approximate surface area is 63.6 Å². The minimum Gasteiger partial charge on any atom is -0.287 e. The van der Waals surface area contributed by atoms with E-state index in [4.69, 9.17) is 0 Å². The molecule has 4 nitrogen and oxygen atoms in total. The molecular formula is C7H7N3O. The van der Waals surface area contributed by atoms with E-state index in [1.54, 1.807) is 18.3 Å². The van der Waals surface area contributed by atoms with Gasteiger partial charge in [0.15, 0.2) is 0 Å². The summed E-state index contributed by atoms with van der Waals surface area (Å²) >= 11 is 0. The van der Waals surface area contributed by atoms with Crippen LogP contribution in [0.5, 0.6) is 0 Å². The van der Waals surface area contributed by atoms with Gasteiger partial charge in [0.05, 0.1) is 17.8 Å². The highest BCUT2D eigenvalue weighted by atomic mass is 16.2. The second-order valence-corrected chi connectivity index (χ2v) is 2.31. The van der Waals surface area contributed by atoms with E-state index in [1.165, 1.54) is 0 Å². The maximum Gasteiger partial charge on any atom is 0.267 e. The minimum absolute atomic E-state index is 0.112. The fraction of sp³-hybridized carbons (Fsp3) is 0.143. The second-order valence-electron chi connectivity index (χ2n) is 2.31.